The molecule has 0 N–H and O–H groups in total. The number of aryl methyl sites for hydroxylation is 1. The quantitative estimate of drug-likeness (QED) is 0.554. The van der Waals surface area contributed by atoms with Gasteiger partial charge in [-0.1, -0.05) is 25.1 Å². The second kappa shape index (κ2) is 8.00. The number of thioether (sulfide) groups is 1. The van der Waals surface area contributed by atoms with Crippen LogP contribution in [0.3, 0.4) is 0 Å². The topological polar surface area (TPSA) is 68.6 Å². The van der Waals surface area contributed by atoms with Crippen LogP contribution in [0.2, 0.25) is 0 Å². The molecule has 0 saturated carbocycles. The second-order valence-electron chi connectivity index (χ2n) is 6.36. The zero-order valence-electron chi connectivity index (χ0n) is 15.6. The van der Waals surface area contributed by atoms with Gasteiger partial charge in [-0.2, -0.15) is 0 Å². The number of fused-ring (bicyclic) bond motifs is 1. The molecule has 1 aliphatic heterocycles. The first-order chi connectivity index (χ1) is 12.9. The van der Waals surface area contributed by atoms with Gasteiger partial charge in [0.2, 0.25) is 0 Å². The largest absolute Gasteiger partial charge is 0.461 e. The predicted octanol–water partition coefficient (Wildman–Crippen LogP) is 4.04. The Balaban J connectivity index is 1.84. The monoisotopic (exact) mass is 386 g/mol. The summed E-state index contributed by atoms with van der Waals surface area (Å²) >= 11 is 0.850. The Morgan fingerprint density at radius 3 is 2.70 bits per heavy atom. The molecule has 1 saturated heterocycles. The highest BCUT2D eigenvalue weighted by atomic mass is 32.2. The Morgan fingerprint density at radius 1 is 1.26 bits per heavy atom. The fourth-order valence-electron chi connectivity index (χ4n) is 2.90. The lowest BCUT2D eigenvalue weighted by molar-refractivity contribution is -0.150. The van der Waals surface area contributed by atoms with Crippen molar-refractivity contribution >= 4 is 45.9 Å². The molecule has 0 unspecified atom stereocenters. The third kappa shape index (κ3) is 3.93. The van der Waals surface area contributed by atoms with Crippen LogP contribution in [0.4, 0.5) is 4.79 Å². The van der Waals surface area contributed by atoms with Crippen LogP contribution in [-0.4, -0.2) is 39.2 Å². The third-order valence-electron chi connectivity index (χ3n) is 4.52. The number of benzene rings is 1. The molecule has 1 aromatic heterocycles. The van der Waals surface area contributed by atoms with E-state index in [1.54, 1.807) is 13.0 Å². The molecule has 3 rings (SSSR count). The van der Waals surface area contributed by atoms with Crippen LogP contribution < -0.4 is 0 Å². The van der Waals surface area contributed by atoms with Crippen molar-refractivity contribution in [1.82, 2.24) is 9.47 Å². The van der Waals surface area contributed by atoms with E-state index in [2.05, 4.69) is 4.57 Å². The summed E-state index contributed by atoms with van der Waals surface area (Å²) < 4.78 is 7.26. The fourth-order valence-corrected chi connectivity index (χ4v) is 3.73. The smallest absolute Gasteiger partial charge is 0.326 e. The lowest BCUT2D eigenvalue weighted by Crippen LogP contribution is -2.35. The minimum Gasteiger partial charge on any atom is -0.461 e. The Hall–Kier alpha value is -2.54. The standard InChI is InChI=1S/C20H22N2O4S/c1-4-13(3)26-18(23)12-22-19(24)17(27-20(22)25)10-14-11-21(5-2)16-9-7-6-8-15(14)16/h6-11,13H,4-5,12H2,1-3H3/b17-10-/t13-/m1/s1. The number of carbonyl (C=O) groups is 3. The molecule has 2 aromatic rings. The summed E-state index contributed by atoms with van der Waals surface area (Å²) in [5, 5.41) is 0.564. The Labute approximate surface area is 162 Å². The van der Waals surface area contributed by atoms with E-state index >= 15 is 0 Å². The lowest BCUT2D eigenvalue weighted by Gasteiger charge is -2.14. The van der Waals surface area contributed by atoms with E-state index in [4.69, 9.17) is 4.74 Å². The van der Waals surface area contributed by atoms with Crippen LogP contribution in [0.5, 0.6) is 0 Å². The van der Waals surface area contributed by atoms with Gasteiger partial charge in [0.05, 0.1) is 11.0 Å². The van der Waals surface area contributed by atoms with Crippen LogP contribution in [0.25, 0.3) is 17.0 Å². The maximum atomic E-state index is 12.6. The van der Waals surface area contributed by atoms with E-state index in [0.717, 1.165) is 39.7 Å². The summed E-state index contributed by atoms with van der Waals surface area (Å²) in [6.45, 7) is 6.16. The van der Waals surface area contributed by atoms with E-state index < -0.39 is 17.1 Å². The number of rotatable bonds is 6. The molecule has 2 amide bonds. The highest BCUT2D eigenvalue weighted by molar-refractivity contribution is 8.18. The minimum absolute atomic E-state index is 0.242. The molecule has 1 aromatic carbocycles. The summed E-state index contributed by atoms with van der Waals surface area (Å²) in [5.41, 5.74) is 1.95. The van der Waals surface area contributed by atoms with E-state index in [0.29, 0.717) is 11.3 Å². The number of carbonyl (C=O) groups excluding carboxylic acids is 3. The third-order valence-corrected chi connectivity index (χ3v) is 5.42. The minimum atomic E-state index is -0.574. The molecule has 0 bridgehead atoms. The normalized spacial score (nSPS) is 17.1. The van der Waals surface area contributed by atoms with Crippen LogP contribution in [0, 0.1) is 0 Å². The Kier molecular flexibility index (Phi) is 5.70. The highest BCUT2D eigenvalue weighted by Crippen LogP contribution is 2.34. The SMILES string of the molecule is CC[C@@H](C)OC(=O)CN1C(=O)S/C(=C\c2cn(CC)c3ccccc23)C1=O. The summed E-state index contributed by atoms with van der Waals surface area (Å²) in [7, 11) is 0. The van der Waals surface area contributed by atoms with Gasteiger partial charge in [0.15, 0.2) is 0 Å². The number of imide groups is 1. The number of nitrogens with zero attached hydrogens (tertiary/aromatic N) is 2. The summed E-state index contributed by atoms with van der Waals surface area (Å²) in [6.07, 6.45) is 4.12. The number of aromatic nitrogens is 1. The van der Waals surface area contributed by atoms with E-state index in [-0.39, 0.29) is 12.6 Å². The van der Waals surface area contributed by atoms with Gasteiger partial charge in [-0.15, -0.1) is 0 Å². The first-order valence-corrected chi connectivity index (χ1v) is 9.79. The summed E-state index contributed by atoms with van der Waals surface area (Å²) in [4.78, 5) is 38.0. The Morgan fingerprint density at radius 2 is 2.00 bits per heavy atom. The van der Waals surface area contributed by atoms with Crippen molar-refractivity contribution in [3.8, 4) is 0 Å². The van der Waals surface area contributed by atoms with E-state index in [1.165, 1.54) is 0 Å². The van der Waals surface area contributed by atoms with Gasteiger partial charge < -0.3 is 9.30 Å². The van der Waals surface area contributed by atoms with Crippen molar-refractivity contribution in [1.29, 1.82) is 0 Å². The molecule has 7 heteroatoms. The highest BCUT2D eigenvalue weighted by Gasteiger charge is 2.37. The van der Waals surface area contributed by atoms with Gasteiger partial charge in [0.1, 0.15) is 6.54 Å². The maximum Gasteiger partial charge on any atom is 0.326 e. The van der Waals surface area contributed by atoms with Gasteiger partial charge in [-0.25, -0.2) is 0 Å². The van der Waals surface area contributed by atoms with Gasteiger partial charge in [-0.3, -0.25) is 19.3 Å². The molecular formula is C20H22N2O4S. The molecule has 0 spiro atoms. The van der Waals surface area contributed by atoms with Crippen molar-refractivity contribution in [2.75, 3.05) is 6.54 Å². The van der Waals surface area contributed by atoms with Crippen molar-refractivity contribution in [3.05, 3.63) is 40.9 Å². The van der Waals surface area contributed by atoms with Crippen LogP contribution in [0.1, 0.15) is 32.8 Å². The van der Waals surface area contributed by atoms with Crippen molar-refractivity contribution in [2.24, 2.45) is 0 Å². The Bertz CT molecular complexity index is 931. The molecule has 27 heavy (non-hydrogen) atoms. The van der Waals surface area contributed by atoms with E-state index in [1.807, 2.05) is 44.3 Å². The number of hydrogen-bond donors (Lipinski definition) is 0. The molecule has 1 atom stereocenters. The molecular weight excluding hydrogens is 364 g/mol. The van der Waals surface area contributed by atoms with E-state index in [9.17, 15) is 14.4 Å². The van der Waals surface area contributed by atoms with Crippen LogP contribution in [-0.2, 0) is 20.9 Å². The first kappa shape index (κ1) is 19.2. The zero-order valence-corrected chi connectivity index (χ0v) is 16.4. The summed E-state index contributed by atoms with van der Waals surface area (Å²) in [5.74, 6) is -1.03. The molecule has 2 heterocycles. The fraction of sp³-hybridized carbons (Fsp3) is 0.350. The summed E-state index contributed by atoms with van der Waals surface area (Å²) in [6, 6.07) is 7.92. The average Bonchev–Trinajstić information content (AvgIpc) is 3.14. The molecule has 0 aliphatic carbocycles. The lowest BCUT2D eigenvalue weighted by atomic mass is 10.1. The molecule has 1 aliphatic rings. The van der Waals surface area contributed by atoms with Gasteiger partial charge >= 0.3 is 5.97 Å². The second-order valence-corrected chi connectivity index (χ2v) is 7.36. The number of hydrogen-bond acceptors (Lipinski definition) is 5. The predicted molar refractivity (Wildman–Crippen MR) is 106 cm³/mol. The van der Waals surface area contributed by atoms with Crippen LogP contribution >= 0.6 is 11.8 Å². The molecule has 0 radical (unpaired) electrons. The van der Waals surface area contributed by atoms with Gasteiger partial charge in [0, 0.05) is 29.2 Å². The van der Waals surface area contributed by atoms with Crippen molar-refractivity contribution in [3.63, 3.8) is 0 Å². The first-order valence-electron chi connectivity index (χ1n) is 8.97. The number of esters is 1. The number of para-hydroxylation sites is 1. The number of amides is 2. The zero-order chi connectivity index (χ0) is 19.6. The number of ether oxygens (including phenoxy) is 1. The van der Waals surface area contributed by atoms with Crippen LogP contribution in [0.15, 0.2) is 35.4 Å². The van der Waals surface area contributed by atoms with Crippen molar-refractivity contribution in [2.45, 2.75) is 39.8 Å². The average molecular weight is 386 g/mol. The van der Waals surface area contributed by atoms with Crippen molar-refractivity contribution < 1.29 is 19.1 Å². The molecule has 6 nitrogen and oxygen atoms in total. The molecule has 142 valence electrons. The maximum absolute atomic E-state index is 12.6. The molecule has 1 fully saturated rings. The van der Waals surface area contributed by atoms with Gasteiger partial charge in [-0.05, 0) is 44.2 Å². The van der Waals surface area contributed by atoms with Gasteiger partial charge in [0.25, 0.3) is 11.1 Å².